The van der Waals surface area contributed by atoms with E-state index in [9.17, 15) is 0 Å². The second-order valence-corrected chi connectivity index (χ2v) is 4.08. The van der Waals surface area contributed by atoms with E-state index in [1.54, 1.807) is 7.11 Å². The molecule has 0 aromatic carbocycles. The van der Waals surface area contributed by atoms with Crippen LogP contribution in [0.1, 0.15) is 20.8 Å². The smallest absolute Gasteiger partial charge is 0.0615 e. The number of nitrogens with zero attached hydrogens (tertiary/aromatic N) is 1. The Kier molecular flexibility index (Phi) is 6.29. The van der Waals surface area contributed by atoms with Crippen LogP contribution in [0.3, 0.4) is 0 Å². The van der Waals surface area contributed by atoms with Crippen molar-refractivity contribution in [3.63, 3.8) is 0 Å². The molecule has 0 rings (SSSR count). The van der Waals surface area contributed by atoms with Gasteiger partial charge in [-0.2, -0.15) is 0 Å². The van der Waals surface area contributed by atoms with Crippen molar-refractivity contribution in [3.05, 3.63) is 0 Å². The number of methoxy groups -OCH3 is 1. The van der Waals surface area contributed by atoms with E-state index in [1.165, 1.54) is 0 Å². The summed E-state index contributed by atoms with van der Waals surface area (Å²) in [5, 5.41) is 0. The van der Waals surface area contributed by atoms with Crippen molar-refractivity contribution in [3.8, 4) is 0 Å². The van der Waals surface area contributed by atoms with Crippen LogP contribution < -0.4 is 5.73 Å². The first-order valence-electron chi connectivity index (χ1n) is 4.93. The Balaban J connectivity index is 3.77. The van der Waals surface area contributed by atoms with E-state index in [0.717, 1.165) is 13.2 Å². The first-order valence-corrected chi connectivity index (χ1v) is 4.93. The van der Waals surface area contributed by atoms with Gasteiger partial charge in [0.25, 0.3) is 0 Å². The van der Waals surface area contributed by atoms with Gasteiger partial charge in [0.15, 0.2) is 0 Å². The van der Waals surface area contributed by atoms with E-state index in [2.05, 4.69) is 32.7 Å². The van der Waals surface area contributed by atoms with Gasteiger partial charge in [-0.15, -0.1) is 0 Å². The van der Waals surface area contributed by atoms with E-state index < -0.39 is 0 Å². The van der Waals surface area contributed by atoms with E-state index in [1.807, 2.05) is 0 Å². The highest BCUT2D eigenvalue weighted by molar-refractivity contribution is 4.70. The predicted octanol–water partition coefficient (Wildman–Crippen LogP) is 0.936. The lowest BCUT2D eigenvalue weighted by Gasteiger charge is -2.28. The Labute approximate surface area is 82.2 Å². The fourth-order valence-corrected chi connectivity index (χ4v) is 1.17. The van der Waals surface area contributed by atoms with Crippen molar-refractivity contribution in [2.75, 3.05) is 27.3 Å². The van der Waals surface area contributed by atoms with Gasteiger partial charge in [0.05, 0.1) is 6.61 Å². The molecule has 3 heteroatoms. The van der Waals surface area contributed by atoms with Gasteiger partial charge in [0.2, 0.25) is 0 Å². The average Bonchev–Trinajstić information content (AvgIpc) is 2.04. The SMILES string of the molecule is COCC(C)N(C)CC(C)C(C)N. The number of hydrogen-bond donors (Lipinski definition) is 1. The molecule has 0 spiro atoms. The molecule has 0 saturated heterocycles. The summed E-state index contributed by atoms with van der Waals surface area (Å²) in [6, 6.07) is 0.725. The second-order valence-electron chi connectivity index (χ2n) is 4.08. The molecule has 0 radical (unpaired) electrons. The van der Waals surface area contributed by atoms with Gasteiger partial charge < -0.3 is 15.4 Å². The minimum atomic E-state index is 0.261. The fraction of sp³-hybridized carbons (Fsp3) is 1.00. The zero-order chi connectivity index (χ0) is 10.4. The summed E-state index contributed by atoms with van der Waals surface area (Å²) in [4.78, 5) is 2.29. The number of nitrogens with two attached hydrogens (primary N) is 1. The number of likely N-dealkylation sites (N-methyl/N-ethyl adjacent to an activating group) is 1. The molecular formula is C10H24N2O. The molecule has 3 atom stereocenters. The van der Waals surface area contributed by atoms with Crippen molar-refractivity contribution in [1.29, 1.82) is 0 Å². The Morgan fingerprint density at radius 2 is 1.85 bits per heavy atom. The minimum absolute atomic E-state index is 0.261. The molecule has 0 aliphatic carbocycles. The Morgan fingerprint density at radius 1 is 1.31 bits per heavy atom. The molecule has 0 amide bonds. The summed E-state index contributed by atoms with van der Waals surface area (Å²) >= 11 is 0. The normalized spacial score (nSPS) is 18.7. The molecule has 0 bridgehead atoms. The lowest BCUT2D eigenvalue weighted by molar-refractivity contribution is 0.105. The number of ether oxygens (including phenoxy) is 1. The van der Waals surface area contributed by atoms with Crippen LogP contribution in [-0.2, 0) is 4.74 Å². The van der Waals surface area contributed by atoms with Crippen LogP contribution in [0.2, 0.25) is 0 Å². The van der Waals surface area contributed by atoms with Crippen LogP contribution in [0.4, 0.5) is 0 Å². The molecule has 0 aliphatic heterocycles. The molecule has 2 N–H and O–H groups in total. The topological polar surface area (TPSA) is 38.5 Å². The summed E-state index contributed by atoms with van der Waals surface area (Å²) < 4.78 is 5.09. The largest absolute Gasteiger partial charge is 0.383 e. The Morgan fingerprint density at radius 3 is 2.23 bits per heavy atom. The highest BCUT2D eigenvalue weighted by atomic mass is 16.5. The van der Waals surface area contributed by atoms with Crippen LogP contribution in [0, 0.1) is 5.92 Å². The average molecular weight is 188 g/mol. The third-order valence-electron chi connectivity index (χ3n) is 2.63. The lowest BCUT2D eigenvalue weighted by Crippen LogP contribution is -2.40. The van der Waals surface area contributed by atoms with Gasteiger partial charge in [-0.3, -0.25) is 0 Å². The van der Waals surface area contributed by atoms with Gasteiger partial charge in [-0.25, -0.2) is 0 Å². The fourth-order valence-electron chi connectivity index (χ4n) is 1.17. The van der Waals surface area contributed by atoms with E-state index in [-0.39, 0.29) is 6.04 Å². The predicted molar refractivity (Wildman–Crippen MR) is 56.8 cm³/mol. The van der Waals surface area contributed by atoms with Crippen molar-refractivity contribution < 1.29 is 4.74 Å². The van der Waals surface area contributed by atoms with Crippen LogP contribution in [-0.4, -0.2) is 44.3 Å². The highest BCUT2D eigenvalue weighted by Crippen LogP contribution is 2.05. The number of hydrogen-bond acceptors (Lipinski definition) is 3. The molecule has 0 heterocycles. The molecule has 3 unspecified atom stereocenters. The molecule has 0 saturated carbocycles. The molecule has 0 aromatic heterocycles. The molecule has 80 valence electrons. The van der Waals surface area contributed by atoms with Gasteiger partial charge in [0, 0.05) is 25.7 Å². The summed E-state index contributed by atoms with van der Waals surface area (Å²) in [6.45, 7) is 8.21. The summed E-state index contributed by atoms with van der Waals surface area (Å²) in [7, 11) is 3.85. The van der Waals surface area contributed by atoms with E-state index in [4.69, 9.17) is 10.5 Å². The van der Waals surface area contributed by atoms with E-state index >= 15 is 0 Å². The first kappa shape index (κ1) is 12.9. The van der Waals surface area contributed by atoms with E-state index in [0.29, 0.717) is 12.0 Å². The molecule has 13 heavy (non-hydrogen) atoms. The molecule has 3 nitrogen and oxygen atoms in total. The van der Waals surface area contributed by atoms with Crippen LogP contribution >= 0.6 is 0 Å². The molecule has 0 aromatic rings. The second kappa shape index (κ2) is 6.35. The van der Waals surface area contributed by atoms with Crippen molar-refractivity contribution in [2.45, 2.75) is 32.9 Å². The maximum absolute atomic E-state index is 5.80. The molecular weight excluding hydrogens is 164 g/mol. The lowest BCUT2D eigenvalue weighted by atomic mass is 10.0. The standard InChI is InChI=1S/C10H24N2O/c1-8(10(3)11)6-12(4)9(2)7-13-5/h8-10H,6-7,11H2,1-5H3. The quantitative estimate of drug-likeness (QED) is 0.674. The van der Waals surface area contributed by atoms with Crippen molar-refractivity contribution in [1.82, 2.24) is 4.90 Å². The van der Waals surface area contributed by atoms with Crippen molar-refractivity contribution >= 4 is 0 Å². The Bertz CT molecular complexity index is 128. The summed E-state index contributed by atoms with van der Waals surface area (Å²) in [6.07, 6.45) is 0. The summed E-state index contributed by atoms with van der Waals surface area (Å²) in [5.41, 5.74) is 5.80. The van der Waals surface area contributed by atoms with Gasteiger partial charge in [-0.1, -0.05) is 6.92 Å². The van der Waals surface area contributed by atoms with Crippen molar-refractivity contribution in [2.24, 2.45) is 11.7 Å². The third kappa shape index (κ3) is 5.24. The molecule has 0 fully saturated rings. The first-order chi connectivity index (χ1) is 5.99. The zero-order valence-corrected chi connectivity index (χ0v) is 9.58. The van der Waals surface area contributed by atoms with Gasteiger partial charge in [0.1, 0.15) is 0 Å². The minimum Gasteiger partial charge on any atom is -0.383 e. The molecule has 0 aliphatic rings. The third-order valence-corrected chi connectivity index (χ3v) is 2.63. The van der Waals surface area contributed by atoms with Gasteiger partial charge >= 0.3 is 0 Å². The number of rotatable bonds is 6. The Hall–Kier alpha value is -0.120. The zero-order valence-electron chi connectivity index (χ0n) is 9.58. The highest BCUT2D eigenvalue weighted by Gasteiger charge is 2.14. The van der Waals surface area contributed by atoms with Gasteiger partial charge in [-0.05, 0) is 26.8 Å². The summed E-state index contributed by atoms with van der Waals surface area (Å²) in [5.74, 6) is 0.532. The maximum Gasteiger partial charge on any atom is 0.0615 e. The van der Waals surface area contributed by atoms with Crippen LogP contribution in [0.5, 0.6) is 0 Å². The van der Waals surface area contributed by atoms with Crippen LogP contribution in [0.25, 0.3) is 0 Å². The monoisotopic (exact) mass is 188 g/mol. The van der Waals surface area contributed by atoms with Crippen LogP contribution in [0.15, 0.2) is 0 Å². The maximum atomic E-state index is 5.80.